The van der Waals surface area contributed by atoms with E-state index in [-0.39, 0.29) is 12.4 Å². The molecule has 2 aromatic carbocycles. The molecule has 0 unspecified atom stereocenters. The molecule has 2 aromatic rings. The van der Waals surface area contributed by atoms with Crippen LogP contribution in [0.2, 0.25) is 0 Å². The molecule has 2 nitrogen and oxygen atoms in total. The predicted molar refractivity (Wildman–Crippen MR) is 74.5 cm³/mol. The van der Waals surface area contributed by atoms with E-state index in [9.17, 15) is 13.2 Å². The van der Waals surface area contributed by atoms with Crippen LogP contribution in [0.3, 0.4) is 0 Å². The van der Waals surface area contributed by atoms with Crippen LogP contribution in [0, 0.1) is 17.5 Å². The van der Waals surface area contributed by atoms with E-state index >= 15 is 0 Å². The summed E-state index contributed by atoms with van der Waals surface area (Å²) in [5, 5.41) is 3.10. The number of halogens is 3. The van der Waals surface area contributed by atoms with Gasteiger partial charge in [-0.05, 0) is 41.9 Å². The Kier molecular flexibility index (Phi) is 5.22. The van der Waals surface area contributed by atoms with Crippen LogP contribution >= 0.6 is 0 Å². The maximum absolute atomic E-state index is 13.8. The molecule has 0 radical (unpaired) electrons. The molecule has 0 atom stereocenters. The normalized spacial score (nSPS) is 10.7. The molecular formula is C16H16F3NO. The van der Waals surface area contributed by atoms with Crippen LogP contribution in [0.15, 0.2) is 36.4 Å². The van der Waals surface area contributed by atoms with E-state index < -0.39 is 17.5 Å². The molecule has 5 heteroatoms. The zero-order chi connectivity index (χ0) is 15.2. The summed E-state index contributed by atoms with van der Waals surface area (Å²) in [4.78, 5) is 0. The maximum atomic E-state index is 13.8. The highest BCUT2D eigenvalue weighted by Crippen LogP contribution is 2.20. The second-order valence-corrected chi connectivity index (χ2v) is 4.58. The summed E-state index contributed by atoms with van der Waals surface area (Å²) < 4.78 is 45.0. The Morgan fingerprint density at radius 3 is 2.29 bits per heavy atom. The Hall–Kier alpha value is -2.01. The maximum Gasteiger partial charge on any atom is 0.165 e. The largest absolute Gasteiger partial charge is 0.486 e. The number of nitrogens with one attached hydrogen (secondary N) is 1. The first-order chi connectivity index (χ1) is 10.1. The highest BCUT2D eigenvalue weighted by atomic mass is 19.2. The van der Waals surface area contributed by atoms with Crippen LogP contribution in [-0.4, -0.2) is 6.54 Å². The number of benzene rings is 2. The third-order valence-electron chi connectivity index (χ3n) is 2.95. The molecule has 2 rings (SSSR count). The van der Waals surface area contributed by atoms with Gasteiger partial charge in [0.15, 0.2) is 23.2 Å². The van der Waals surface area contributed by atoms with Crippen molar-refractivity contribution >= 4 is 0 Å². The lowest BCUT2D eigenvalue weighted by Crippen LogP contribution is -2.11. The van der Waals surface area contributed by atoms with Crippen molar-refractivity contribution in [2.24, 2.45) is 0 Å². The van der Waals surface area contributed by atoms with Gasteiger partial charge < -0.3 is 10.1 Å². The standard InChI is InChI=1S/C16H16F3NO/c1-2-20-9-11-4-6-16(15(19)7-11)21-10-12-3-5-13(17)14(18)8-12/h3-8,20H,2,9-10H2,1H3. The molecule has 0 saturated heterocycles. The summed E-state index contributed by atoms with van der Waals surface area (Å²) >= 11 is 0. The van der Waals surface area contributed by atoms with Crippen LogP contribution in [0.5, 0.6) is 5.75 Å². The number of rotatable bonds is 6. The van der Waals surface area contributed by atoms with Crippen molar-refractivity contribution in [3.63, 3.8) is 0 Å². The van der Waals surface area contributed by atoms with E-state index in [2.05, 4.69) is 5.32 Å². The molecule has 0 bridgehead atoms. The van der Waals surface area contributed by atoms with Gasteiger partial charge in [0.05, 0.1) is 0 Å². The summed E-state index contributed by atoms with van der Waals surface area (Å²) in [7, 11) is 0. The van der Waals surface area contributed by atoms with Gasteiger partial charge >= 0.3 is 0 Å². The fourth-order valence-electron chi connectivity index (χ4n) is 1.83. The van der Waals surface area contributed by atoms with Crippen LogP contribution < -0.4 is 10.1 Å². The highest BCUT2D eigenvalue weighted by molar-refractivity contribution is 5.30. The second kappa shape index (κ2) is 7.13. The SMILES string of the molecule is CCNCc1ccc(OCc2ccc(F)c(F)c2)c(F)c1. The Bertz CT molecular complexity index is 616. The first kappa shape index (κ1) is 15.4. The van der Waals surface area contributed by atoms with E-state index in [1.165, 1.54) is 18.2 Å². The lowest BCUT2D eigenvalue weighted by Gasteiger charge is -2.09. The molecule has 0 spiro atoms. The summed E-state index contributed by atoms with van der Waals surface area (Å²) in [5.41, 5.74) is 1.25. The first-order valence-corrected chi connectivity index (χ1v) is 6.66. The zero-order valence-corrected chi connectivity index (χ0v) is 11.6. The third kappa shape index (κ3) is 4.23. The average Bonchev–Trinajstić information content (AvgIpc) is 2.47. The van der Waals surface area contributed by atoms with Gasteiger partial charge in [0.2, 0.25) is 0 Å². The Labute approximate surface area is 121 Å². The molecule has 1 N–H and O–H groups in total. The summed E-state index contributed by atoms with van der Waals surface area (Å²) in [6, 6.07) is 8.13. The minimum absolute atomic E-state index is 0.0271. The van der Waals surface area contributed by atoms with Crippen LogP contribution in [0.1, 0.15) is 18.1 Å². The van der Waals surface area contributed by atoms with Gasteiger partial charge in [0, 0.05) is 6.54 Å². The molecule has 21 heavy (non-hydrogen) atoms. The van der Waals surface area contributed by atoms with Crippen molar-refractivity contribution in [3.8, 4) is 5.75 Å². The lowest BCUT2D eigenvalue weighted by molar-refractivity contribution is 0.289. The number of ether oxygens (including phenoxy) is 1. The highest BCUT2D eigenvalue weighted by Gasteiger charge is 2.07. The van der Waals surface area contributed by atoms with E-state index in [0.717, 1.165) is 24.2 Å². The van der Waals surface area contributed by atoms with Crippen molar-refractivity contribution in [1.82, 2.24) is 5.32 Å². The molecule has 0 aliphatic rings. The molecule has 0 aromatic heterocycles. The molecule has 0 aliphatic heterocycles. The fraction of sp³-hybridized carbons (Fsp3) is 0.250. The number of hydrogen-bond donors (Lipinski definition) is 1. The molecule has 0 fully saturated rings. The average molecular weight is 295 g/mol. The van der Waals surface area contributed by atoms with Gasteiger partial charge in [0.1, 0.15) is 6.61 Å². The van der Waals surface area contributed by atoms with Crippen molar-refractivity contribution in [1.29, 1.82) is 0 Å². The van der Waals surface area contributed by atoms with Crippen LogP contribution in [-0.2, 0) is 13.2 Å². The van der Waals surface area contributed by atoms with E-state index in [0.29, 0.717) is 12.1 Å². The van der Waals surface area contributed by atoms with Gasteiger partial charge in [-0.1, -0.05) is 19.1 Å². The summed E-state index contributed by atoms with van der Waals surface area (Å²) in [6.45, 7) is 3.32. The summed E-state index contributed by atoms with van der Waals surface area (Å²) in [5.74, 6) is -2.26. The minimum Gasteiger partial charge on any atom is -0.486 e. The van der Waals surface area contributed by atoms with Gasteiger partial charge in [-0.3, -0.25) is 0 Å². The van der Waals surface area contributed by atoms with E-state index in [1.54, 1.807) is 6.07 Å². The van der Waals surface area contributed by atoms with Crippen molar-refractivity contribution in [2.45, 2.75) is 20.1 Å². The molecule has 0 aliphatic carbocycles. The second-order valence-electron chi connectivity index (χ2n) is 4.58. The third-order valence-corrected chi connectivity index (χ3v) is 2.95. The van der Waals surface area contributed by atoms with E-state index in [1.807, 2.05) is 6.92 Å². The van der Waals surface area contributed by atoms with Crippen molar-refractivity contribution in [3.05, 3.63) is 65.0 Å². The van der Waals surface area contributed by atoms with Crippen molar-refractivity contribution < 1.29 is 17.9 Å². The molecule has 0 amide bonds. The fourth-order valence-corrected chi connectivity index (χ4v) is 1.83. The van der Waals surface area contributed by atoms with E-state index in [4.69, 9.17) is 4.74 Å². The first-order valence-electron chi connectivity index (χ1n) is 6.66. The van der Waals surface area contributed by atoms with Crippen LogP contribution in [0.4, 0.5) is 13.2 Å². The quantitative estimate of drug-likeness (QED) is 0.875. The van der Waals surface area contributed by atoms with Gasteiger partial charge in [-0.15, -0.1) is 0 Å². The van der Waals surface area contributed by atoms with Crippen molar-refractivity contribution in [2.75, 3.05) is 6.54 Å². The minimum atomic E-state index is -0.947. The van der Waals surface area contributed by atoms with Gasteiger partial charge in [-0.2, -0.15) is 0 Å². The summed E-state index contributed by atoms with van der Waals surface area (Å²) in [6.07, 6.45) is 0. The lowest BCUT2D eigenvalue weighted by atomic mass is 10.2. The predicted octanol–water partition coefficient (Wildman–Crippen LogP) is 3.79. The molecular weight excluding hydrogens is 279 g/mol. The van der Waals surface area contributed by atoms with Gasteiger partial charge in [0.25, 0.3) is 0 Å². The topological polar surface area (TPSA) is 21.3 Å². The number of hydrogen-bond acceptors (Lipinski definition) is 2. The Morgan fingerprint density at radius 2 is 1.62 bits per heavy atom. The van der Waals surface area contributed by atoms with Crippen LogP contribution in [0.25, 0.3) is 0 Å². The Morgan fingerprint density at radius 1 is 0.905 bits per heavy atom. The zero-order valence-electron chi connectivity index (χ0n) is 11.6. The molecule has 112 valence electrons. The smallest absolute Gasteiger partial charge is 0.165 e. The molecule has 0 heterocycles. The monoisotopic (exact) mass is 295 g/mol. The Balaban J connectivity index is 2.01. The van der Waals surface area contributed by atoms with Gasteiger partial charge in [-0.25, -0.2) is 13.2 Å². The molecule has 0 saturated carbocycles.